The highest BCUT2D eigenvalue weighted by molar-refractivity contribution is 6.58. The summed E-state index contributed by atoms with van der Waals surface area (Å²) in [5.74, 6) is 1.37. The minimum absolute atomic E-state index is 0.171. The quantitative estimate of drug-likeness (QED) is 0.843. The number of benzene rings is 2. The molecule has 0 fully saturated rings. The molecule has 1 atom stereocenters. The van der Waals surface area contributed by atoms with Gasteiger partial charge < -0.3 is 14.8 Å². The van der Waals surface area contributed by atoms with Gasteiger partial charge in [0.2, 0.25) is 0 Å². The predicted octanol–water partition coefficient (Wildman–Crippen LogP) is 2.06. The van der Waals surface area contributed by atoms with Crippen molar-refractivity contribution < 1.29 is 14.8 Å². The zero-order valence-electron chi connectivity index (χ0n) is 11.4. The molecule has 0 amide bonds. The Balaban J connectivity index is 1.68. The van der Waals surface area contributed by atoms with Crippen LogP contribution in [0.15, 0.2) is 58.8 Å². The van der Waals surface area contributed by atoms with E-state index in [1.165, 1.54) is 0 Å². The maximum Gasteiger partial charge on any atom is 0.488 e. The van der Waals surface area contributed by atoms with Crippen molar-refractivity contribution in [2.45, 2.75) is 12.5 Å². The molecular weight excluding hydrogens is 267 g/mol. The van der Waals surface area contributed by atoms with Crippen molar-refractivity contribution >= 4 is 12.6 Å². The largest absolute Gasteiger partial charge is 0.488 e. The van der Waals surface area contributed by atoms with Gasteiger partial charge in [0, 0.05) is 0 Å². The van der Waals surface area contributed by atoms with Crippen molar-refractivity contribution in [3.05, 3.63) is 54.1 Å². The normalized spacial score (nSPS) is 17.0. The summed E-state index contributed by atoms with van der Waals surface area (Å²) in [6.07, 6.45) is 0.963. The highest BCUT2D eigenvalue weighted by Crippen LogP contribution is 2.28. The van der Waals surface area contributed by atoms with Gasteiger partial charge in [-0.25, -0.2) is 0 Å². The molecule has 0 bridgehead atoms. The van der Waals surface area contributed by atoms with Crippen LogP contribution < -0.4 is 10.2 Å². The fourth-order valence-corrected chi connectivity index (χ4v) is 2.23. The Morgan fingerprint density at radius 2 is 1.57 bits per heavy atom. The van der Waals surface area contributed by atoms with Crippen LogP contribution >= 0.6 is 0 Å². The Kier molecular flexibility index (Phi) is 3.99. The molecule has 1 aliphatic heterocycles. The molecule has 0 spiro atoms. The summed E-state index contributed by atoms with van der Waals surface area (Å²) >= 11 is 0. The smallest absolute Gasteiger partial charge is 0.457 e. The lowest BCUT2D eigenvalue weighted by atomic mass is 9.80. The maximum atomic E-state index is 9.04. The topological polar surface area (TPSA) is 74.4 Å². The fourth-order valence-electron chi connectivity index (χ4n) is 2.23. The standard InChI is InChI=1S/C15H15BN2O3/c19-16(20)12-3-7-14(8-4-12)21-13-5-1-11(2-6-13)15-9-10-17-18-15/h1-8,15,19-20H,9-10H2. The lowest BCUT2D eigenvalue weighted by Crippen LogP contribution is -2.29. The van der Waals surface area contributed by atoms with Crippen molar-refractivity contribution in [1.82, 2.24) is 0 Å². The summed E-state index contributed by atoms with van der Waals surface area (Å²) in [7, 11) is -1.46. The zero-order valence-corrected chi connectivity index (χ0v) is 11.4. The third kappa shape index (κ3) is 3.29. The highest BCUT2D eigenvalue weighted by Gasteiger charge is 2.14. The van der Waals surface area contributed by atoms with E-state index in [0.717, 1.165) is 24.3 Å². The first-order valence-electron chi connectivity index (χ1n) is 6.83. The second-order valence-electron chi connectivity index (χ2n) is 4.90. The van der Waals surface area contributed by atoms with Crippen LogP contribution in [0.5, 0.6) is 11.5 Å². The summed E-state index contributed by atoms with van der Waals surface area (Å²) < 4.78 is 5.71. The van der Waals surface area contributed by atoms with E-state index >= 15 is 0 Å². The van der Waals surface area contributed by atoms with Gasteiger partial charge in [0.25, 0.3) is 0 Å². The van der Waals surface area contributed by atoms with Crippen LogP contribution in [-0.4, -0.2) is 23.7 Å². The van der Waals surface area contributed by atoms with Crippen molar-refractivity contribution in [1.29, 1.82) is 0 Å². The van der Waals surface area contributed by atoms with E-state index in [0.29, 0.717) is 11.2 Å². The first kappa shape index (κ1) is 13.8. The summed E-state index contributed by atoms with van der Waals surface area (Å²) in [5.41, 5.74) is 1.58. The molecule has 21 heavy (non-hydrogen) atoms. The molecular formula is C15H15BN2O3. The van der Waals surface area contributed by atoms with Crippen LogP contribution in [0.3, 0.4) is 0 Å². The molecule has 3 rings (SSSR count). The van der Waals surface area contributed by atoms with E-state index < -0.39 is 7.12 Å². The second-order valence-corrected chi connectivity index (χ2v) is 4.90. The van der Waals surface area contributed by atoms with Gasteiger partial charge in [0.1, 0.15) is 11.5 Å². The fraction of sp³-hybridized carbons (Fsp3) is 0.200. The molecule has 2 aromatic carbocycles. The monoisotopic (exact) mass is 282 g/mol. The lowest BCUT2D eigenvalue weighted by molar-refractivity contribution is 0.425. The van der Waals surface area contributed by atoms with Gasteiger partial charge in [-0.1, -0.05) is 24.3 Å². The average Bonchev–Trinajstić information content (AvgIpc) is 3.03. The van der Waals surface area contributed by atoms with Crippen molar-refractivity contribution in [3.63, 3.8) is 0 Å². The zero-order chi connectivity index (χ0) is 14.7. The van der Waals surface area contributed by atoms with Gasteiger partial charge >= 0.3 is 7.12 Å². The van der Waals surface area contributed by atoms with E-state index in [9.17, 15) is 0 Å². The molecule has 0 saturated carbocycles. The van der Waals surface area contributed by atoms with E-state index in [2.05, 4.69) is 10.2 Å². The minimum Gasteiger partial charge on any atom is -0.457 e. The molecule has 0 aliphatic carbocycles. The van der Waals surface area contributed by atoms with E-state index in [4.69, 9.17) is 14.8 Å². The SMILES string of the molecule is OB(O)c1ccc(Oc2ccc(C3CCN=N3)cc2)cc1. The van der Waals surface area contributed by atoms with E-state index in [-0.39, 0.29) is 6.04 Å². The van der Waals surface area contributed by atoms with Gasteiger partial charge in [0.15, 0.2) is 0 Å². The third-order valence-electron chi connectivity index (χ3n) is 3.40. The van der Waals surface area contributed by atoms with Crippen LogP contribution in [0.25, 0.3) is 0 Å². The van der Waals surface area contributed by atoms with E-state index in [1.807, 2.05) is 24.3 Å². The Hall–Kier alpha value is -2.18. The van der Waals surface area contributed by atoms with Gasteiger partial charge in [-0.3, -0.25) is 0 Å². The Bertz CT molecular complexity index is 626. The van der Waals surface area contributed by atoms with Crippen LogP contribution in [-0.2, 0) is 0 Å². The first-order valence-corrected chi connectivity index (χ1v) is 6.83. The molecule has 5 nitrogen and oxygen atoms in total. The first-order chi connectivity index (χ1) is 10.2. The number of azo groups is 1. The number of rotatable bonds is 4. The molecule has 0 radical (unpaired) electrons. The van der Waals surface area contributed by atoms with Crippen LogP contribution in [0.1, 0.15) is 18.0 Å². The molecule has 106 valence electrons. The van der Waals surface area contributed by atoms with Crippen molar-refractivity contribution in [2.24, 2.45) is 10.2 Å². The van der Waals surface area contributed by atoms with Crippen LogP contribution in [0.4, 0.5) is 0 Å². The molecule has 1 heterocycles. The van der Waals surface area contributed by atoms with Gasteiger partial charge in [-0.2, -0.15) is 10.2 Å². The molecule has 6 heteroatoms. The second kappa shape index (κ2) is 6.07. The Morgan fingerprint density at radius 3 is 2.10 bits per heavy atom. The Morgan fingerprint density at radius 1 is 0.952 bits per heavy atom. The van der Waals surface area contributed by atoms with Crippen molar-refractivity contribution in [3.8, 4) is 11.5 Å². The van der Waals surface area contributed by atoms with Gasteiger partial charge in [0.05, 0.1) is 12.6 Å². The maximum absolute atomic E-state index is 9.04. The number of nitrogens with zero attached hydrogens (tertiary/aromatic N) is 2. The van der Waals surface area contributed by atoms with E-state index in [1.54, 1.807) is 24.3 Å². The highest BCUT2D eigenvalue weighted by atomic mass is 16.5. The van der Waals surface area contributed by atoms with Crippen LogP contribution in [0, 0.1) is 0 Å². The Labute approximate surface area is 123 Å². The van der Waals surface area contributed by atoms with Crippen LogP contribution in [0.2, 0.25) is 0 Å². The van der Waals surface area contributed by atoms with Crippen molar-refractivity contribution in [2.75, 3.05) is 6.54 Å². The molecule has 1 unspecified atom stereocenters. The minimum atomic E-state index is -1.46. The number of ether oxygens (including phenoxy) is 1. The summed E-state index contributed by atoms with van der Waals surface area (Å²) in [5, 5.41) is 26.3. The van der Waals surface area contributed by atoms with Gasteiger partial charge in [-0.05, 0) is 41.7 Å². The molecule has 1 aliphatic rings. The summed E-state index contributed by atoms with van der Waals surface area (Å²) in [6.45, 7) is 0.798. The van der Waals surface area contributed by atoms with Gasteiger partial charge in [-0.15, -0.1) is 0 Å². The predicted molar refractivity (Wildman–Crippen MR) is 79.9 cm³/mol. The summed E-state index contributed by atoms with van der Waals surface area (Å²) in [4.78, 5) is 0. The molecule has 2 aromatic rings. The average molecular weight is 282 g/mol. The molecule has 0 aromatic heterocycles. The third-order valence-corrected chi connectivity index (χ3v) is 3.40. The molecule has 0 saturated heterocycles. The lowest BCUT2D eigenvalue weighted by Gasteiger charge is -2.09. The molecule has 2 N–H and O–H groups in total. The number of hydrogen-bond acceptors (Lipinski definition) is 5. The summed E-state index contributed by atoms with van der Waals surface area (Å²) in [6, 6.07) is 14.6. The number of hydrogen-bond donors (Lipinski definition) is 2.